The molecule has 0 bridgehead atoms. The van der Waals surface area contributed by atoms with E-state index < -0.39 is 0 Å². The van der Waals surface area contributed by atoms with Crippen molar-refractivity contribution in [1.29, 1.82) is 0 Å². The first-order valence-corrected chi connectivity index (χ1v) is 8.00. The van der Waals surface area contributed by atoms with E-state index in [1.807, 2.05) is 23.0 Å². The third-order valence-corrected chi connectivity index (χ3v) is 4.19. The van der Waals surface area contributed by atoms with Crippen molar-refractivity contribution in [2.45, 2.75) is 26.4 Å². The van der Waals surface area contributed by atoms with E-state index >= 15 is 0 Å². The van der Waals surface area contributed by atoms with E-state index in [2.05, 4.69) is 27.9 Å². The molecule has 0 saturated carbocycles. The Hall–Kier alpha value is -1.88. The molecule has 0 aliphatic carbocycles. The van der Waals surface area contributed by atoms with E-state index in [0.29, 0.717) is 0 Å². The lowest BCUT2D eigenvalue weighted by molar-refractivity contribution is 0.281. The van der Waals surface area contributed by atoms with Gasteiger partial charge in [0, 0.05) is 51.2 Å². The largest absolute Gasteiger partial charge is 0.370 e. The van der Waals surface area contributed by atoms with Gasteiger partial charge in [-0.2, -0.15) is 5.10 Å². The average Bonchev–Trinajstić information content (AvgIpc) is 2.86. The summed E-state index contributed by atoms with van der Waals surface area (Å²) in [7, 11) is 0. The smallest absolute Gasteiger partial charge is 0.123 e. The minimum absolute atomic E-state index is 0.174. The molecule has 0 atom stereocenters. The summed E-state index contributed by atoms with van der Waals surface area (Å²) in [5.74, 6) is -0.174. The summed E-state index contributed by atoms with van der Waals surface area (Å²) >= 11 is 0. The van der Waals surface area contributed by atoms with Crippen molar-refractivity contribution in [3.63, 3.8) is 0 Å². The molecule has 2 aromatic rings. The van der Waals surface area contributed by atoms with Gasteiger partial charge >= 0.3 is 0 Å². The van der Waals surface area contributed by atoms with Gasteiger partial charge in [-0.25, -0.2) is 4.39 Å². The molecule has 0 radical (unpaired) electrons. The molecule has 1 aromatic carbocycles. The highest BCUT2D eigenvalue weighted by atomic mass is 19.1. The number of halogens is 1. The van der Waals surface area contributed by atoms with Gasteiger partial charge in [0.2, 0.25) is 0 Å². The molecular weight excluding hydrogens is 279 g/mol. The first kappa shape index (κ1) is 15.0. The fraction of sp³-hybridized carbons (Fsp3) is 0.471. The van der Waals surface area contributed by atoms with Gasteiger partial charge in [-0.3, -0.25) is 9.58 Å². The molecule has 4 nitrogen and oxygen atoms in total. The molecule has 0 unspecified atom stereocenters. The minimum Gasteiger partial charge on any atom is -0.370 e. The van der Waals surface area contributed by atoms with Crippen LogP contribution in [0.25, 0.3) is 0 Å². The van der Waals surface area contributed by atoms with Gasteiger partial charge in [-0.15, -0.1) is 0 Å². The van der Waals surface area contributed by atoms with Gasteiger partial charge in [-0.05, 0) is 43.7 Å². The fourth-order valence-electron chi connectivity index (χ4n) is 2.93. The maximum Gasteiger partial charge on any atom is 0.123 e. The lowest BCUT2D eigenvalue weighted by Gasteiger charge is -2.23. The SMILES string of the molecule is CCn1ccc(CN2CCCN(c3ccc(F)cc3)CC2)n1. The highest BCUT2D eigenvalue weighted by Gasteiger charge is 2.16. The first-order valence-electron chi connectivity index (χ1n) is 8.00. The monoisotopic (exact) mass is 302 g/mol. The van der Waals surface area contributed by atoms with Gasteiger partial charge < -0.3 is 4.90 Å². The number of aromatic nitrogens is 2. The third-order valence-electron chi connectivity index (χ3n) is 4.19. The Balaban J connectivity index is 1.58. The quantitative estimate of drug-likeness (QED) is 0.868. The Labute approximate surface area is 131 Å². The summed E-state index contributed by atoms with van der Waals surface area (Å²) < 4.78 is 15.0. The summed E-state index contributed by atoms with van der Waals surface area (Å²) in [6.07, 6.45) is 3.16. The number of hydrogen-bond acceptors (Lipinski definition) is 3. The summed E-state index contributed by atoms with van der Waals surface area (Å²) in [4.78, 5) is 4.79. The lowest BCUT2D eigenvalue weighted by atomic mass is 10.2. The predicted molar refractivity (Wildman–Crippen MR) is 86.4 cm³/mol. The molecule has 2 heterocycles. The molecule has 22 heavy (non-hydrogen) atoms. The lowest BCUT2D eigenvalue weighted by Crippen LogP contribution is -2.30. The van der Waals surface area contributed by atoms with Crippen LogP contribution >= 0.6 is 0 Å². The second-order valence-corrected chi connectivity index (χ2v) is 5.76. The highest BCUT2D eigenvalue weighted by Crippen LogP contribution is 2.17. The fourth-order valence-corrected chi connectivity index (χ4v) is 2.93. The van der Waals surface area contributed by atoms with Gasteiger partial charge in [0.25, 0.3) is 0 Å². The van der Waals surface area contributed by atoms with Crippen molar-refractivity contribution < 1.29 is 4.39 Å². The molecule has 0 spiro atoms. The summed E-state index contributed by atoms with van der Waals surface area (Å²) in [6, 6.07) is 8.92. The Bertz CT molecular complexity index is 593. The van der Waals surface area contributed by atoms with Crippen LogP contribution in [0.5, 0.6) is 0 Å². The number of anilines is 1. The van der Waals surface area contributed by atoms with Crippen molar-refractivity contribution in [2.75, 3.05) is 31.1 Å². The highest BCUT2D eigenvalue weighted by molar-refractivity contribution is 5.46. The van der Waals surface area contributed by atoms with Crippen LogP contribution in [0, 0.1) is 5.82 Å². The van der Waals surface area contributed by atoms with Gasteiger partial charge in [0.05, 0.1) is 5.69 Å². The Morgan fingerprint density at radius 2 is 1.86 bits per heavy atom. The zero-order chi connectivity index (χ0) is 15.4. The Morgan fingerprint density at radius 1 is 1.05 bits per heavy atom. The summed E-state index contributed by atoms with van der Waals surface area (Å²) in [5, 5.41) is 4.56. The minimum atomic E-state index is -0.174. The van der Waals surface area contributed by atoms with Crippen molar-refractivity contribution in [2.24, 2.45) is 0 Å². The van der Waals surface area contributed by atoms with Crippen LogP contribution in [0.3, 0.4) is 0 Å². The average molecular weight is 302 g/mol. The Kier molecular flexibility index (Phi) is 4.73. The number of aryl methyl sites for hydroxylation is 1. The van der Waals surface area contributed by atoms with Gasteiger partial charge in [0.15, 0.2) is 0 Å². The molecule has 118 valence electrons. The second kappa shape index (κ2) is 6.92. The van der Waals surface area contributed by atoms with E-state index in [0.717, 1.165) is 57.1 Å². The number of hydrogen-bond donors (Lipinski definition) is 0. The molecule has 5 heteroatoms. The molecular formula is C17H23FN4. The molecule has 0 amide bonds. The van der Waals surface area contributed by atoms with E-state index in [9.17, 15) is 4.39 Å². The topological polar surface area (TPSA) is 24.3 Å². The standard InChI is InChI=1S/C17H23FN4/c1-2-22-11-8-16(19-22)14-20-9-3-10-21(13-12-20)17-6-4-15(18)5-7-17/h4-8,11H,2-3,9-10,12-14H2,1H3. The molecule has 1 aliphatic heterocycles. The zero-order valence-electron chi connectivity index (χ0n) is 13.1. The van der Waals surface area contributed by atoms with Crippen molar-refractivity contribution in [1.82, 2.24) is 14.7 Å². The summed E-state index contributed by atoms with van der Waals surface area (Å²) in [6.45, 7) is 8.00. The number of nitrogens with zero attached hydrogens (tertiary/aromatic N) is 4. The maximum absolute atomic E-state index is 13.0. The molecule has 1 aromatic heterocycles. The van der Waals surface area contributed by atoms with E-state index in [1.165, 1.54) is 12.1 Å². The van der Waals surface area contributed by atoms with Crippen LogP contribution in [0.15, 0.2) is 36.5 Å². The predicted octanol–water partition coefficient (Wildman–Crippen LogP) is 2.75. The van der Waals surface area contributed by atoms with Crippen LogP contribution in [0.1, 0.15) is 19.0 Å². The molecule has 1 aliphatic rings. The van der Waals surface area contributed by atoms with E-state index in [4.69, 9.17) is 0 Å². The van der Waals surface area contributed by atoms with Gasteiger partial charge in [0.1, 0.15) is 5.82 Å². The zero-order valence-corrected chi connectivity index (χ0v) is 13.1. The van der Waals surface area contributed by atoms with Crippen LogP contribution < -0.4 is 4.90 Å². The molecule has 1 fully saturated rings. The van der Waals surface area contributed by atoms with Crippen molar-refractivity contribution >= 4 is 5.69 Å². The number of rotatable bonds is 4. The van der Waals surface area contributed by atoms with Crippen LogP contribution in [-0.4, -0.2) is 40.9 Å². The number of benzene rings is 1. The van der Waals surface area contributed by atoms with E-state index in [-0.39, 0.29) is 5.82 Å². The van der Waals surface area contributed by atoms with Gasteiger partial charge in [-0.1, -0.05) is 0 Å². The van der Waals surface area contributed by atoms with Crippen molar-refractivity contribution in [3.05, 3.63) is 48.0 Å². The normalized spacial score (nSPS) is 16.7. The Morgan fingerprint density at radius 3 is 2.59 bits per heavy atom. The van der Waals surface area contributed by atoms with Crippen molar-refractivity contribution in [3.8, 4) is 0 Å². The molecule has 1 saturated heterocycles. The van der Waals surface area contributed by atoms with Crippen LogP contribution in [-0.2, 0) is 13.1 Å². The molecule has 0 N–H and O–H groups in total. The third kappa shape index (κ3) is 3.65. The van der Waals surface area contributed by atoms with E-state index in [1.54, 1.807) is 0 Å². The summed E-state index contributed by atoms with van der Waals surface area (Å²) in [5.41, 5.74) is 2.25. The van der Waals surface area contributed by atoms with Crippen LogP contribution in [0.4, 0.5) is 10.1 Å². The molecule has 3 rings (SSSR count). The van der Waals surface area contributed by atoms with Crippen LogP contribution in [0.2, 0.25) is 0 Å². The maximum atomic E-state index is 13.0. The second-order valence-electron chi connectivity index (χ2n) is 5.76. The first-order chi connectivity index (χ1) is 10.7.